The smallest absolute Gasteiger partial charge is 0.145 e. The number of nitrogens with two attached hydrogens (primary N) is 1. The Balaban J connectivity index is 2.20. The lowest BCUT2D eigenvalue weighted by molar-refractivity contribution is 0.409. The molecule has 2 rings (SSSR count). The molecule has 0 aliphatic heterocycles. The Hall–Kier alpha value is -1.11. The predicted octanol–water partition coefficient (Wildman–Crippen LogP) is 4.82. The number of ether oxygens (including phenoxy) is 2. The number of pyridine rings is 1. The lowest BCUT2D eigenvalue weighted by atomic mass is 10.1. The lowest BCUT2D eigenvalue weighted by Gasteiger charge is -2.12. The summed E-state index contributed by atoms with van der Waals surface area (Å²) in [5, 5.41) is 0. The topological polar surface area (TPSA) is 57.4 Å². The van der Waals surface area contributed by atoms with Gasteiger partial charge in [0.15, 0.2) is 0 Å². The minimum atomic E-state index is -0.0408. The van der Waals surface area contributed by atoms with Gasteiger partial charge in [0.1, 0.15) is 17.2 Å². The third-order valence-corrected chi connectivity index (χ3v) is 4.25. The molecule has 4 nitrogen and oxygen atoms in total. The van der Waals surface area contributed by atoms with Crippen LogP contribution in [0, 0.1) is 0 Å². The zero-order valence-electron chi connectivity index (χ0n) is 11.8. The van der Waals surface area contributed by atoms with Crippen LogP contribution >= 0.6 is 31.9 Å². The van der Waals surface area contributed by atoms with Crippen LogP contribution in [0.15, 0.2) is 39.4 Å². The average molecular weight is 416 g/mol. The number of hydrogen-bond donors (Lipinski definition) is 1. The molecular weight excluding hydrogens is 400 g/mol. The zero-order valence-corrected chi connectivity index (χ0v) is 14.9. The predicted molar refractivity (Wildman–Crippen MR) is 89.9 cm³/mol. The monoisotopic (exact) mass is 414 g/mol. The van der Waals surface area contributed by atoms with Crippen LogP contribution in [0.5, 0.6) is 17.2 Å². The fraction of sp³-hybridized carbons (Fsp3) is 0.267. The van der Waals surface area contributed by atoms with Crippen molar-refractivity contribution in [1.82, 2.24) is 4.98 Å². The first-order valence-corrected chi connectivity index (χ1v) is 8.06. The summed E-state index contributed by atoms with van der Waals surface area (Å²) in [6, 6.07) is 7.39. The second-order valence-electron chi connectivity index (χ2n) is 4.45. The van der Waals surface area contributed by atoms with E-state index in [4.69, 9.17) is 15.2 Å². The molecule has 0 saturated carbocycles. The van der Waals surface area contributed by atoms with E-state index < -0.39 is 0 Å². The summed E-state index contributed by atoms with van der Waals surface area (Å²) in [5.41, 5.74) is 6.80. The summed E-state index contributed by atoms with van der Waals surface area (Å²) < 4.78 is 12.7. The largest absolute Gasteiger partial charge is 0.496 e. The molecule has 0 fully saturated rings. The highest BCUT2D eigenvalue weighted by molar-refractivity contribution is 9.11. The standard InChI is InChI=1S/C15H16Br2N2O2/c1-3-12(18)13-5-4-9(8-19-13)21-15-7-10(16)14(20-2)6-11(15)17/h4-8,12H,3,18H2,1-2H3/t12-/m1/s1. The van der Waals surface area contributed by atoms with Crippen molar-refractivity contribution in [2.75, 3.05) is 7.11 Å². The third kappa shape index (κ3) is 3.96. The van der Waals surface area contributed by atoms with Crippen LogP contribution < -0.4 is 15.2 Å². The average Bonchev–Trinajstić information content (AvgIpc) is 2.50. The van der Waals surface area contributed by atoms with Gasteiger partial charge in [-0.2, -0.15) is 0 Å². The Kier molecular flexibility index (Phi) is 5.61. The first-order chi connectivity index (χ1) is 10.0. The van der Waals surface area contributed by atoms with E-state index in [1.165, 1.54) is 0 Å². The SMILES string of the molecule is CC[C@@H](N)c1ccc(Oc2cc(Br)c(OC)cc2Br)cn1. The summed E-state index contributed by atoms with van der Waals surface area (Å²) >= 11 is 6.90. The number of nitrogens with zero attached hydrogens (tertiary/aromatic N) is 1. The van der Waals surface area contributed by atoms with Crippen molar-refractivity contribution in [2.24, 2.45) is 5.73 Å². The van der Waals surface area contributed by atoms with Crippen LogP contribution in [0.1, 0.15) is 25.1 Å². The van der Waals surface area contributed by atoms with Gasteiger partial charge in [-0.05, 0) is 62.5 Å². The Bertz CT molecular complexity index is 618. The van der Waals surface area contributed by atoms with Crippen molar-refractivity contribution in [3.8, 4) is 17.2 Å². The third-order valence-electron chi connectivity index (χ3n) is 3.01. The fourth-order valence-electron chi connectivity index (χ4n) is 1.75. The van der Waals surface area contributed by atoms with Crippen molar-refractivity contribution >= 4 is 31.9 Å². The van der Waals surface area contributed by atoms with E-state index >= 15 is 0 Å². The highest BCUT2D eigenvalue weighted by atomic mass is 79.9. The van der Waals surface area contributed by atoms with E-state index in [9.17, 15) is 0 Å². The van der Waals surface area contributed by atoms with Crippen molar-refractivity contribution in [1.29, 1.82) is 0 Å². The van der Waals surface area contributed by atoms with Crippen LogP contribution in [-0.4, -0.2) is 12.1 Å². The van der Waals surface area contributed by atoms with E-state index in [0.29, 0.717) is 11.5 Å². The summed E-state index contributed by atoms with van der Waals surface area (Å²) in [4.78, 5) is 4.33. The first kappa shape index (κ1) is 16.3. The van der Waals surface area contributed by atoms with E-state index in [0.717, 1.165) is 26.8 Å². The summed E-state index contributed by atoms with van der Waals surface area (Å²) in [5.74, 6) is 2.06. The lowest BCUT2D eigenvalue weighted by Crippen LogP contribution is -2.10. The van der Waals surface area contributed by atoms with Crippen molar-refractivity contribution in [3.63, 3.8) is 0 Å². The van der Waals surface area contributed by atoms with E-state index in [-0.39, 0.29) is 6.04 Å². The number of rotatable bonds is 5. The van der Waals surface area contributed by atoms with Gasteiger partial charge < -0.3 is 15.2 Å². The molecule has 6 heteroatoms. The second kappa shape index (κ2) is 7.24. The number of benzene rings is 1. The Morgan fingerprint density at radius 2 is 1.86 bits per heavy atom. The van der Waals surface area contributed by atoms with Gasteiger partial charge in [-0.15, -0.1) is 0 Å². The molecule has 0 amide bonds. The minimum Gasteiger partial charge on any atom is -0.496 e. The molecule has 0 radical (unpaired) electrons. The maximum atomic E-state index is 5.94. The summed E-state index contributed by atoms with van der Waals surface area (Å²) in [7, 11) is 1.62. The molecule has 1 aromatic carbocycles. The quantitative estimate of drug-likeness (QED) is 0.760. The molecule has 0 bridgehead atoms. The Morgan fingerprint density at radius 1 is 1.19 bits per heavy atom. The molecule has 0 spiro atoms. The van der Waals surface area contributed by atoms with Crippen LogP contribution in [0.3, 0.4) is 0 Å². The highest BCUT2D eigenvalue weighted by Gasteiger charge is 2.10. The van der Waals surface area contributed by atoms with Crippen LogP contribution in [0.25, 0.3) is 0 Å². The number of methoxy groups -OCH3 is 1. The first-order valence-electron chi connectivity index (χ1n) is 6.47. The molecule has 112 valence electrons. The van der Waals surface area contributed by atoms with E-state index in [2.05, 4.69) is 36.8 Å². The maximum Gasteiger partial charge on any atom is 0.145 e. The number of hydrogen-bond acceptors (Lipinski definition) is 4. The second-order valence-corrected chi connectivity index (χ2v) is 6.16. The van der Waals surface area contributed by atoms with Crippen LogP contribution in [-0.2, 0) is 0 Å². The molecular formula is C15H16Br2N2O2. The minimum absolute atomic E-state index is 0.0408. The molecule has 1 heterocycles. The molecule has 2 N–H and O–H groups in total. The molecule has 0 unspecified atom stereocenters. The molecule has 1 aromatic heterocycles. The van der Waals surface area contributed by atoms with Gasteiger partial charge >= 0.3 is 0 Å². The molecule has 0 aliphatic carbocycles. The highest BCUT2D eigenvalue weighted by Crippen LogP contribution is 2.38. The van der Waals surface area contributed by atoms with E-state index in [1.54, 1.807) is 13.3 Å². The van der Waals surface area contributed by atoms with Gasteiger partial charge in [0.25, 0.3) is 0 Å². The molecule has 0 saturated heterocycles. The maximum absolute atomic E-state index is 5.94. The van der Waals surface area contributed by atoms with Gasteiger partial charge in [0.2, 0.25) is 0 Å². The molecule has 0 aliphatic rings. The van der Waals surface area contributed by atoms with Gasteiger partial charge in [-0.25, -0.2) is 0 Å². The fourth-order valence-corrected chi connectivity index (χ4v) is 2.64. The van der Waals surface area contributed by atoms with E-state index in [1.807, 2.05) is 31.2 Å². The molecule has 2 aromatic rings. The van der Waals surface area contributed by atoms with Crippen LogP contribution in [0.2, 0.25) is 0 Å². The number of halogens is 2. The number of aromatic nitrogens is 1. The van der Waals surface area contributed by atoms with Gasteiger partial charge in [0.05, 0.1) is 27.9 Å². The summed E-state index contributed by atoms with van der Waals surface area (Å²) in [6.45, 7) is 2.03. The van der Waals surface area contributed by atoms with Crippen LogP contribution in [0.4, 0.5) is 0 Å². The summed E-state index contributed by atoms with van der Waals surface area (Å²) in [6.07, 6.45) is 2.53. The van der Waals surface area contributed by atoms with Crippen molar-refractivity contribution < 1.29 is 9.47 Å². The van der Waals surface area contributed by atoms with Gasteiger partial charge in [0, 0.05) is 6.04 Å². The normalized spacial score (nSPS) is 12.0. The Morgan fingerprint density at radius 3 is 2.43 bits per heavy atom. The zero-order chi connectivity index (χ0) is 15.4. The van der Waals surface area contributed by atoms with Gasteiger partial charge in [-0.1, -0.05) is 6.92 Å². The molecule has 1 atom stereocenters. The van der Waals surface area contributed by atoms with Crippen molar-refractivity contribution in [2.45, 2.75) is 19.4 Å². The van der Waals surface area contributed by atoms with Crippen molar-refractivity contribution in [3.05, 3.63) is 45.1 Å². The van der Waals surface area contributed by atoms with Gasteiger partial charge in [-0.3, -0.25) is 4.98 Å². The Labute approximate surface area is 140 Å². The molecule has 21 heavy (non-hydrogen) atoms.